The highest BCUT2D eigenvalue weighted by atomic mass is 16.2. The number of nitrogens with one attached hydrogen (secondary N) is 4. The van der Waals surface area contributed by atoms with Crippen LogP contribution in [0.4, 0.5) is 0 Å². The summed E-state index contributed by atoms with van der Waals surface area (Å²) in [7, 11) is 1.71. The first-order valence-corrected chi connectivity index (χ1v) is 14.9. The number of carbonyl (C=O) groups excluding carboxylic acids is 4. The van der Waals surface area contributed by atoms with Crippen molar-refractivity contribution in [1.82, 2.24) is 31.1 Å². The fourth-order valence-corrected chi connectivity index (χ4v) is 6.28. The number of hydrogen-bond donors (Lipinski definition) is 4. The first kappa shape index (κ1) is 30.0. The van der Waals surface area contributed by atoms with Gasteiger partial charge in [0.25, 0.3) is 0 Å². The van der Waals surface area contributed by atoms with Crippen molar-refractivity contribution in [3.05, 3.63) is 35.4 Å². The molecule has 3 aliphatic rings. The Morgan fingerprint density at radius 3 is 2.62 bits per heavy atom. The predicted octanol–water partition coefficient (Wildman–Crippen LogP) is 1.25. The van der Waals surface area contributed by atoms with Crippen LogP contribution >= 0.6 is 0 Å². The second kappa shape index (κ2) is 14.1. The summed E-state index contributed by atoms with van der Waals surface area (Å²) in [4.78, 5) is 56.2. The molecule has 0 aromatic heterocycles. The summed E-state index contributed by atoms with van der Waals surface area (Å²) in [5.74, 6) is -0.665. The topological polar surface area (TPSA) is 123 Å². The fraction of sp³-hybridized carbons (Fsp3) is 0.667. The maximum absolute atomic E-state index is 14.1. The Labute approximate surface area is 238 Å². The highest BCUT2D eigenvalue weighted by molar-refractivity contribution is 5.93. The van der Waals surface area contributed by atoms with Gasteiger partial charge in [-0.2, -0.15) is 0 Å². The lowest BCUT2D eigenvalue weighted by atomic mass is 9.87. The van der Waals surface area contributed by atoms with E-state index < -0.39 is 18.1 Å². The zero-order chi connectivity index (χ0) is 28.6. The monoisotopic (exact) mass is 554 g/mol. The Morgan fingerprint density at radius 1 is 1.05 bits per heavy atom. The van der Waals surface area contributed by atoms with Crippen molar-refractivity contribution >= 4 is 23.6 Å². The van der Waals surface area contributed by atoms with Gasteiger partial charge in [0.2, 0.25) is 23.6 Å². The Kier molecular flexibility index (Phi) is 10.6. The summed E-state index contributed by atoms with van der Waals surface area (Å²) in [5, 5.41) is 12.0. The Bertz CT molecular complexity index is 1060. The number of benzene rings is 1. The van der Waals surface area contributed by atoms with Gasteiger partial charge >= 0.3 is 0 Å². The first-order chi connectivity index (χ1) is 19.3. The van der Waals surface area contributed by atoms with Crippen molar-refractivity contribution < 1.29 is 19.2 Å². The van der Waals surface area contributed by atoms with E-state index in [1.165, 1.54) is 18.1 Å². The van der Waals surface area contributed by atoms with Crippen molar-refractivity contribution in [2.24, 2.45) is 0 Å². The SMILES string of the molecule is CN[C@@H](C)C(=O)N[C@@H](CCCCNC(C)=O)C(=O)N1C[C@H]2CCCN2C[C@H]1C(=O)N[C@@H]1CCCc2ccccc21. The molecule has 4 rings (SSSR count). The molecule has 2 fully saturated rings. The lowest BCUT2D eigenvalue weighted by molar-refractivity contribution is -0.148. The molecule has 2 aliphatic heterocycles. The van der Waals surface area contributed by atoms with Gasteiger partial charge in [-0.05, 0) is 83.0 Å². The molecule has 2 heterocycles. The van der Waals surface area contributed by atoms with Gasteiger partial charge in [-0.25, -0.2) is 0 Å². The lowest BCUT2D eigenvalue weighted by Gasteiger charge is -2.44. The number of amides is 4. The number of unbranched alkanes of at least 4 members (excludes halogenated alkanes) is 1. The Hall–Kier alpha value is -2.98. The number of carbonyl (C=O) groups is 4. The van der Waals surface area contributed by atoms with Gasteiger partial charge in [0.15, 0.2) is 0 Å². The van der Waals surface area contributed by atoms with Gasteiger partial charge in [-0.15, -0.1) is 0 Å². The molecule has 0 spiro atoms. The Morgan fingerprint density at radius 2 is 1.85 bits per heavy atom. The van der Waals surface area contributed by atoms with E-state index in [0.29, 0.717) is 38.9 Å². The molecule has 2 saturated heterocycles. The molecular formula is C30H46N6O4. The van der Waals surface area contributed by atoms with E-state index in [2.05, 4.69) is 38.3 Å². The van der Waals surface area contributed by atoms with Crippen LogP contribution in [0, 0.1) is 0 Å². The highest BCUT2D eigenvalue weighted by Gasteiger charge is 2.44. The zero-order valence-corrected chi connectivity index (χ0v) is 24.2. The molecule has 10 nitrogen and oxygen atoms in total. The second-order valence-electron chi connectivity index (χ2n) is 11.5. The number of aryl methyl sites for hydroxylation is 1. The van der Waals surface area contributed by atoms with Gasteiger partial charge in [0.05, 0.1) is 12.1 Å². The van der Waals surface area contributed by atoms with Gasteiger partial charge in [0.1, 0.15) is 12.1 Å². The smallest absolute Gasteiger partial charge is 0.245 e. The molecule has 4 N–H and O–H groups in total. The molecule has 1 aromatic rings. The molecule has 0 saturated carbocycles. The van der Waals surface area contributed by atoms with Gasteiger partial charge < -0.3 is 26.2 Å². The van der Waals surface area contributed by atoms with E-state index in [1.807, 2.05) is 12.1 Å². The quantitative estimate of drug-likeness (QED) is 0.306. The molecule has 1 aromatic carbocycles. The number of piperazine rings is 1. The summed E-state index contributed by atoms with van der Waals surface area (Å²) >= 11 is 0. The van der Waals surface area contributed by atoms with Crippen molar-refractivity contribution in [1.29, 1.82) is 0 Å². The standard InChI is InChI=1S/C30H46N6O4/c1-20(31-3)28(38)34-26(14-6-7-16-32-21(2)37)30(40)36-18-23-12-9-17-35(23)19-27(36)29(39)33-25-15-8-11-22-10-4-5-13-24(22)25/h4-5,10,13,20,23,25-27,31H,6-9,11-12,14-19H2,1-3H3,(H,32,37)(H,33,39)(H,34,38)/t20-,23+,25+,26-,27-/m0/s1. The van der Waals surface area contributed by atoms with Crippen LogP contribution in [0.1, 0.15) is 76.0 Å². The summed E-state index contributed by atoms with van der Waals surface area (Å²) in [6, 6.07) is 6.64. The number of likely N-dealkylation sites (N-methyl/N-ethyl adjacent to an activating group) is 1. The summed E-state index contributed by atoms with van der Waals surface area (Å²) < 4.78 is 0. The van der Waals surface area contributed by atoms with Crippen LogP contribution in [-0.4, -0.2) is 90.8 Å². The van der Waals surface area contributed by atoms with Crippen LogP contribution in [0.15, 0.2) is 24.3 Å². The summed E-state index contributed by atoms with van der Waals surface area (Å²) in [6.07, 6.45) is 6.76. The largest absolute Gasteiger partial charge is 0.356 e. The van der Waals surface area contributed by atoms with Crippen LogP contribution < -0.4 is 21.3 Å². The number of nitrogens with zero attached hydrogens (tertiary/aromatic N) is 2. The van der Waals surface area contributed by atoms with Crippen molar-refractivity contribution in [2.75, 3.05) is 33.2 Å². The van der Waals surface area contributed by atoms with E-state index in [0.717, 1.165) is 38.6 Å². The fourth-order valence-electron chi connectivity index (χ4n) is 6.28. The second-order valence-corrected chi connectivity index (χ2v) is 11.5. The minimum absolute atomic E-state index is 0.0635. The summed E-state index contributed by atoms with van der Waals surface area (Å²) in [6.45, 7) is 5.68. The average molecular weight is 555 g/mol. The molecule has 220 valence electrons. The molecule has 10 heteroatoms. The zero-order valence-electron chi connectivity index (χ0n) is 24.2. The van der Waals surface area contributed by atoms with Gasteiger partial charge in [0, 0.05) is 32.6 Å². The number of hydrogen-bond acceptors (Lipinski definition) is 6. The van der Waals surface area contributed by atoms with Crippen LogP contribution in [0.5, 0.6) is 0 Å². The van der Waals surface area contributed by atoms with Gasteiger partial charge in [-0.3, -0.25) is 24.1 Å². The maximum Gasteiger partial charge on any atom is 0.245 e. The highest BCUT2D eigenvalue weighted by Crippen LogP contribution is 2.31. The van der Waals surface area contributed by atoms with E-state index >= 15 is 0 Å². The van der Waals surface area contributed by atoms with Gasteiger partial charge in [-0.1, -0.05) is 24.3 Å². The van der Waals surface area contributed by atoms with Crippen molar-refractivity contribution in [2.45, 2.75) is 95.4 Å². The third-order valence-electron chi connectivity index (χ3n) is 8.70. The first-order valence-electron chi connectivity index (χ1n) is 14.9. The maximum atomic E-state index is 14.1. The minimum Gasteiger partial charge on any atom is -0.356 e. The number of rotatable bonds is 11. The molecule has 0 bridgehead atoms. The minimum atomic E-state index is -0.737. The normalized spacial score (nSPS) is 23.9. The molecule has 4 amide bonds. The summed E-state index contributed by atoms with van der Waals surface area (Å²) in [5.41, 5.74) is 2.44. The van der Waals surface area contributed by atoms with E-state index in [4.69, 9.17) is 0 Å². The molecular weight excluding hydrogens is 508 g/mol. The van der Waals surface area contributed by atoms with E-state index in [-0.39, 0.29) is 35.7 Å². The van der Waals surface area contributed by atoms with Crippen molar-refractivity contribution in [3.63, 3.8) is 0 Å². The third kappa shape index (κ3) is 7.40. The van der Waals surface area contributed by atoms with E-state index in [9.17, 15) is 19.2 Å². The average Bonchev–Trinajstić information content (AvgIpc) is 3.42. The van der Waals surface area contributed by atoms with Crippen LogP contribution in [-0.2, 0) is 25.6 Å². The Balaban J connectivity index is 1.51. The predicted molar refractivity (Wildman–Crippen MR) is 153 cm³/mol. The molecule has 0 radical (unpaired) electrons. The molecule has 5 atom stereocenters. The molecule has 0 unspecified atom stereocenters. The van der Waals surface area contributed by atoms with E-state index in [1.54, 1.807) is 18.9 Å². The van der Waals surface area contributed by atoms with Crippen LogP contribution in [0.2, 0.25) is 0 Å². The third-order valence-corrected chi connectivity index (χ3v) is 8.70. The molecule has 1 aliphatic carbocycles. The lowest BCUT2D eigenvalue weighted by Crippen LogP contribution is -2.65. The van der Waals surface area contributed by atoms with Crippen molar-refractivity contribution in [3.8, 4) is 0 Å². The number of fused-ring (bicyclic) bond motifs is 2. The van der Waals surface area contributed by atoms with Crippen LogP contribution in [0.3, 0.4) is 0 Å². The van der Waals surface area contributed by atoms with Crippen LogP contribution in [0.25, 0.3) is 0 Å². The molecule has 40 heavy (non-hydrogen) atoms.